The summed E-state index contributed by atoms with van der Waals surface area (Å²) < 4.78 is 26.7. The molecular formula is C74H127BrO4. The van der Waals surface area contributed by atoms with Gasteiger partial charge in [-0.25, -0.2) is 0 Å². The third kappa shape index (κ3) is 38.2. The van der Waals surface area contributed by atoms with Crippen molar-refractivity contribution in [3.05, 3.63) is 59.7 Å². The third-order valence-corrected chi connectivity index (χ3v) is 17.2. The Morgan fingerprint density at radius 2 is 0.582 bits per heavy atom. The molecule has 5 heteroatoms. The van der Waals surface area contributed by atoms with Gasteiger partial charge in [-0.05, 0) is 85.3 Å². The molecule has 0 atom stereocenters. The van der Waals surface area contributed by atoms with E-state index >= 15 is 0 Å². The summed E-state index contributed by atoms with van der Waals surface area (Å²) >= 11 is 3.84. The molecule has 0 N–H and O–H groups in total. The average molecular weight is 1160 g/mol. The Bertz CT molecular complexity index is 1760. The highest BCUT2D eigenvalue weighted by molar-refractivity contribution is 9.09. The first-order valence-electron chi connectivity index (χ1n) is 34.8. The number of hydrogen-bond donors (Lipinski definition) is 0. The quantitative estimate of drug-likeness (QED) is 0.0417. The number of unbranched alkanes of at least 4 members (excludes halogenated alkanes) is 45. The molecule has 0 aliphatic carbocycles. The number of ether oxygens (including phenoxy) is 4. The molecule has 0 amide bonds. The fourth-order valence-corrected chi connectivity index (χ4v) is 11.7. The first kappa shape index (κ1) is 70.9. The van der Waals surface area contributed by atoms with E-state index in [-0.39, 0.29) is 4.32 Å². The van der Waals surface area contributed by atoms with Crippen LogP contribution in [0.3, 0.4) is 0 Å². The summed E-state index contributed by atoms with van der Waals surface area (Å²) in [6, 6.07) is 17.5. The van der Waals surface area contributed by atoms with Crippen molar-refractivity contribution in [2.75, 3.05) is 19.8 Å². The molecule has 3 aromatic carbocycles. The zero-order valence-corrected chi connectivity index (χ0v) is 54.5. The number of hydrogen-bond acceptors (Lipinski definition) is 4. The van der Waals surface area contributed by atoms with E-state index in [0.717, 1.165) is 47.8 Å². The number of rotatable bonds is 58. The summed E-state index contributed by atoms with van der Waals surface area (Å²) in [5.74, 6) is 3.27. The minimum Gasteiger partial charge on any atom is -0.490 e. The number of halogens is 1. The predicted molar refractivity (Wildman–Crippen MR) is 352 cm³/mol. The van der Waals surface area contributed by atoms with Crippen molar-refractivity contribution >= 4 is 26.7 Å². The standard InChI is InChI=1S/C74H127BrO4/c1-6-9-12-15-18-21-24-27-30-33-36-39-42-45-48-51-58-76-71-61-66(65-79-70-57-55-67-63-69(74(4,5)75)56-54-68(67)64-70)62-72(77-59-52-49-46-43-40-37-34-31-28-25-22-19-16-13-10-7-2)73(71)78-60-53-50-47-44-41-38-35-32-29-26-23-20-17-14-11-8-3/h54-57,61-64H,6-53,58-60,65H2,1-5H3. The third-order valence-electron chi connectivity index (χ3n) is 16.7. The molecule has 0 saturated carbocycles. The maximum Gasteiger partial charge on any atom is 0.203 e. The van der Waals surface area contributed by atoms with Crippen LogP contribution in [0.25, 0.3) is 10.8 Å². The van der Waals surface area contributed by atoms with Crippen LogP contribution in [0.15, 0.2) is 48.5 Å². The molecule has 0 radical (unpaired) electrons. The molecule has 3 rings (SSSR count). The second kappa shape index (κ2) is 50.1. The minimum absolute atomic E-state index is 0.0740. The number of fused-ring (bicyclic) bond motifs is 1. The largest absolute Gasteiger partial charge is 0.490 e. The first-order valence-corrected chi connectivity index (χ1v) is 35.6. The molecule has 0 aliphatic rings. The minimum atomic E-state index is -0.0740. The lowest BCUT2D eigenvalue weighted by molar-refractivity contribution is 0.232. The molecule has 0 unspecified atom stereocenters. The van der Waals surface area contributed by atoms with Gasteiger partial charge in [-0.3, -0.25) is 0 Å². The summed E-state index contributed by atoms with van der Waals surface area (Å²) in [6.07, 6.45) is 65.5. The molecule has 454 valence electrons. The van der Waals surface area contributed by atoms with Crippen molar-refractivity contribution in [1.29, 1.82) is 0 Å². The van der Waals surface area contributed by atoms with E-state index in [0.29, 0.717) is 26.4 Å². The number of benzene rings is 3. The van der Waals surface area contributed by atoms with Crippen LogP contribution in [-0.4, -0.2) is 19.8 Å². The van der Waals surface area contributed by atoms with Crippen molar-refractivity contribution in [2.24, 2.45) is 0 Å². The first-order chi connectivity index (χ1) is 38.9. The highest BCUT2D eigenvalue weighted by Crippen LogP contribution is 2.40. The SMILES string of the molecule is CCCCCCCCCCCCCCCCCCOc1cc(COc2ccc3cc(C(C)(C)Br)ccc3c2)cc(OCCCCCCCCCCCCCCCCCC)c1OCCCCCCCCCCCCCCCCCC. The summed E-state index contributed by atoms with van der Waals surface area (Å²) in [5, 5.41) is 2.40. The second-order valence-corrected chi connectivity index (χ2v) is 26.8. The van der Waals surface area contributed by atoms with Gasteiger partial charge in [0.05, 0.1) is 19.8 Å². The van der Waals surface area contributed by atoms with E-state index in [1.165, 1.54) is 305 Å². The van der Waals surface area contributed by atoms with Crippen LogP contribution in [0, 0.1) is 0 Å². The van der Waals surface area contributed by atoms with Gasteiger partial charge in [0.2, 0.25) is 5.75 Å². The fourth-order valence-electron chi connectivity index (χ4n) is 11.4. The van der Waals surface area contributed by atoms with Crippen LogP contribution in [0.1, 0.15) is 354 Å². The average Bonchev–Trinajstić information content (AvgIpc) is 3.45. The van der Waals surface area contributed by atoms with Gasteiger partial charge in [-0.1, -0.05) is 344 Å². The Labute approximate surface area is 499 Å². The molecule has 0 aromatic heterocycles. The lowest BCUT2D eigenvalue weighted by atomic mass is 9.99. The smallest absolute Gasteiger partial charge is 0.203 e. The van der Waals surface area contributed by atoms with E-state index in [1.54, 1.807) is 0 Å². The molecule has 0 spiro atoms. The lowest BCUT2D eigenvalue weighted by Crippen LogP contribution is -2.08. The van der Waals surface area contributed by atoms with Gasteiger partial charge in [0.15, 0.2) is 11.5 Å². The zero-order chi connectivity index (χ0) is 56.4. The van der Waals surface area contributed by atoms with E-state index in [9.17, 15) is 0 Å². The van der Waals surface area contributed by atoms with Crippen molar-refractivity contribution in [3.63, 3.8) is 0 Å². The normalized spacial score (nSPS) is 11.8. The predicted octanol–water partition coefficient (Wildman–Crippen LogP) is 26.0. The van der Waals surface area contributed by atoms with Gasteiger partial charge in [-0.15, -0.1) is 0 Å². The second-order valence-electron chi connectivity index (χ2n) is 24.9. The fraction of sp³-hybridized carbons (Fsp3) is 0.784. The molecule has 0 saturated heterocycles. The Kier molecular flexibility index (Phi) is 45.0. The van der Waals surface area contributed by atoms with Gasteiger partial charge in [0.25, 0.3) is 0 Å². The van der Waals surface area contributed by atoms with E-state index in [1.807, 2.05) is 0 Å². The topological polar surface area (TPSA) is 36.9 Å². The van der Waals surface area contributed by atoms with E-state index in [4.69, 9.17) is 18.9 Å². The van der Waals surface area contributed by atoms with Crippen LogP contribution in [-0.2, 0) is 10.9 Å². The summed E-state index contributed by atoms with van der Waals surface area (Å²) in [6.45, 7) is 13.8. The van der Waals surface area contributed by atoms with Crippen LogP contribution < -0.4 is 18.9 Å². The number of alkyl halides is 1. The highest BCUT2D eigenvalue weighted by Gasteiger charge is 2.18. The van der Waals surface area contributed by atoms with Gasteiger partial charge < -0.3 is 18.9 Å². The Balaban J connectivity index is 1.55. The maximum atomic E-state index is 6.76. The van der Waals surface area contributed by atoms with E-state index < -0.39 is 0 Å². The van der Waals surface area contributed by atoms with Crippen LogP contribution >= 0.6 is 15.9 Å². The van der Waals surface area contributed by atoms with Gasteiger partial charge in [0, 0.05) is 4.32 Å². The van der Waals surface area contributed by atoms with Crippen molar-refractivity contribution in [3.8, 4) is 23.0 Å². The van der Waals surface area contributed by atoms with Crippen LogP contribution in [0.4, 0.5) is 0 Å². The summed E-state index contributed by atoms with van der Waals surface area (Å²) in [4.78, 5) is 0. The van der Waals surface area contributed by atoms with Crippen molar-refractivity contribution in [1.82, 2.24) is 0 Å². The molecule has 3 aromatic rings. The Morgan fingerprint density at radius 3 is 0.899 bits per heavy atom. The maximum absolute atomic E-state index is 6.76. The monoisotopic (exact) mass is 1160 g/mol. The summed E-state index contributed by atoms with van der Waals surface area (Å²) in [5.41, 5.74) is 2.32. The van der Waals surface area contributed by atoms with E-state index in [2.05, 4.69) is 99.1 Å². The Hall–Kier alpha value is -2.40. The Morgan fingerprint density at radius 1 is 0.304 bits per heavy atom. The molecule has 4 nitrogen and oxygen atoms in total. The lowest BCUT2D eigenvalue weighted by Gasteiger charge is -2.19. The van der Waals surface area contributed by atoms with Crippen molar-refractivity contribution in [2.45, 2.75) is 354 Å². The summed E-state index contributed by atoms with van der Waals surface area (Å²) in [7, 11) is 0. The highest BCUT2D eigenvalue weighted by atomic mass is 79.9. The molecule has 0 bridgehead atoms. The van der Waals surface area contributed by atoms with Gasteiger partial charge in [-0.2, -0.15) is 0 Å². The molecule has 0 fully saturated rings. The molecule has 0 aliphatic heterocycles. The van der Waals surface area contributed by atoms with Gasteiger partial charge >= 0.3 is 0 Å². The van der Waals surface area contributed by atoms with Crippen molar-refractivity contribution < 1.29 is 18.9 Å². The molecule has 0 heterocycles. The molecule has 79 heavy (non-hydrogen) atoms. The zero-order valence-electron chi connectivity index (χ0n) is 52.9. The van der Waals surface area contributed by atoms with Crippen LogP contribution in [0.5, 0.6) is 23.0 Å². The van der Waals surface area contributed by atoms with Crippen LogP contribution in [0.2, 0.25) is 0 Å². The molecular weight excluding hydrogens is 1030 g/mol. The van der Waals surface area contributed by atoms with Gasteiger partial charge in [0.1, 0.15) is 12.4 Å².